The number of fused-ring (bicyclic) bond motifs is 3. The Labute approximate surface area is 93.4 Å². The monoisotopic (exact) mass is 219 g/mol. The van der Waals surface area contributed by atoms with Crippen LogP contribution in [-0.4, -0.2) is 23.8 Å². The molecule has 0 spiro atoms. The van der Waals surface area contributed by atoms with Crippen LogP contribution in [0.2, 0.25) is 0 Å². The van der Waals surface area contributed by atoms with Crippen LogP contribution in [0.25, 0.3) is 0 Å². The molecule has 1 aromatic rings. The van der Waals surface area contributed by atoms with Crippen LogP contribution < -0.4 is 4.90 Å². The normalized spacial score (nSPS) is 31.8. The van der Waals surface area contributed by atoms with E-state index in [1.807, 2.05) is 24.3 Å². The minimum atomic E-state index is -0.874. The summed E-state index contributed by atoms with van der Waals surface area (Å²) in [7, 11) is 1.54. The van der Waals surface area contributed by atoms with E-state index < -0.39 is 11.8 Å². The number of anilines is 1. The van der Waals surface area contributed by atoms with Crippen molar-refractivity contribution < 1.29 is 14.6 Å². The van der Waals surface area contributed by atoms with E-state index in [9.17, 15) is 9.90 Å². The van der Waals surface area contributed by atoms with Crippen molar-refractivity contribution in [1.29, 1.82) is 0 Å². The summed E-state index contributed by atoms with van der Waals surface area (Å²) in [5.74, 6) is 0.0193. The topological polar surface area (TPSA) is 49.8 Å². The van der Waals surface area contributed by atoms with E-state index in [1.165, 1.54) is 0 Å². The molecule has 0 aromatic heterocycles. The number of benzene rings is 1. The summed E-state index contributed by atoms with van der Waals surface area (Å²) >= 11 is 0. The van der Waals surface area contributed by atoms with E-state index >= 15 is 0 Å². The van der Waals surface area contributed by atoms with E-state index in [2.05, 4.69) is 0 Å². The standard InChI is InChI=1S/C12H13NO3/c1-16-12-7-6-10(14)13(12)9-5-3-2-4-8(9)11(12)15/h2-5,11,15H,6-7H2,1H3. The van der Waals surface area contributed by atoms with Gasteiger partial charge in [-0.15, -0.1) is 0 Å². The molecular weight excluding hydrogens is 206 g/mol. The van der Waals surface area contributed by atoms with Gasteiger partial charge in [0.15, 0.2) is 5.72 Å². The molecule has 2 unspecified atom stereocenters. The van der Waals surface area contributed by atoms with Crippen LogP contribution in [0.3, 0.4) is 0 Å². The fourth-order valence-corrected chi connectivity index (χ4v) is 2.79. The molecule has 1 saturated heterocycles. The number of carbonyl (C=O) groups is 1. The fraction of sp³-hybridized carbons (Fsp3) is 0.417. The van der Waals surface area contributed by atoms with Gasteiger partial charge in [-0.05, 0) is 6.07 Å². The minimum Gasteiger partial charge on any atom is -0.383 e. The quantitative estimate of drug-likeness (QED) is 0.772. The van der Waals surface area contributed by atoms with Gasteiger partial charge in [-0.2, -0.15) is 0 Å². The highest BCUT2D eigenvalue weighted by Crippen LogP contribution is 2.52. The first-order valence-electron chi connectivity index (χ1n) is 5.36. The predicted molar refractivity (Wildman–Crippen MR) is 57.9 cm³/mol. The van der Waals surface area contributed by atoms with Crippen molar-refractivity contribution in [3.63, 3.8) is 0 Å². The van der Waals surface area contributed by atoms with Crippen LogP contribution in [-0.2, 0) is 9.53 Å². The lowest BCUT2D eigenvalue weighted by molar-refractivity contribution is -0.122. The summed E-state index contributed by atoms with van der Waals surface area (Å²) in [6.07, 6.45) is 0.220. The number of para-hydroxylation sites is 1. The number of methoxy groups -OCH3 is 1. The van der Waals surface area contributed by atoms with Gasteiger partial charge in [-0.3, -0.25) is 9.69 Å². The molecule has 1 aromatic carbocycles. The van der Waals surface area contributed by atoms with Gasteiger partial charge in [0, 0.05) is 25.5 Å². The number of aliphatic hydroxyl groups excluding tert-OH is 1. The number of hydrogen-bond donors (Lipinski definition) is 1. The highest BCUT2D eigenvalue weighted by molar-refractivity contribution is 5.99. The second-order valence-electron chi connectivity index (χ2n) is 4.24. The zero-order valence-electron chi connectivity index (χ0n) is 9.01. The smallest absolute Gasteiger partial charge is 0.229 e. The van der Waals surface area contributed by atoms with Gasteiger partial charge < -0.3 is 9.84 Å². The molecule has 1 N–H and O–H groups in total. The number of nitrogens with zero attached hydrogens (tertiary/aromatic N) is 1. The summed E-state index contributed by atoms with van der Waals surface area (Å²) in [6.45, 7) is 0. The highest BCUT2D eigenvalue weighted by Gasteiger charge is 2.57. The first-order chi connectivity index (χ1) is 7.70. The molecule has 2 aliphatic rings. The van der Waals surface area contributed by atoms with Crippen molar-refractivity contribution in [1.82, 2.24) is 0 Å². The van der Waals surface area contributed by atoms with E-state index in [4.69, 9.17) is 4.74 Å². The average molecular weight is 219 g/mol. The summed E-state index contributed by atoms with van der Waals surface area (Å²) in [6, 6.07) is 7.41. The molecule has 84 valence electrons. The highest BCUT2D eigenvalue weighted by atomic mass is 16.5. The van der Waals surface area contributed by atoms with Crippen molar-refractivity contribution in [3.8, 4) is 0 Å². The maximum Gasteiger partial charge on any atom is 0.229 e. The lowest BCUT2D eigenvalue weighted by Gasteiger charge is -2.33. The molecule has 0 radical (unpaired) electrons. The van der Waals surface area contributed by atoms with Gasteiger partial charge in [0.25, 0.3) is 0 Å². The maximum absolute atomic E-state index is 11.9. The van der Waals surface area contributed by atoms with E-state index in [0.29, 0.717) is 12.8 Å². The Hall–Kier alpha value is -1.39. The molecule has 16 heavy (non-hydrogen) atoms. The van der Waals surface area contributed by atoms with Crippen molar-refractivity contribution >= 4 is 11.6 Å². The Bertz CT molecular complexity index is 459. The van der Waals surface area contributed by atoms with Crippen LogP contribution in [0.5, 0.6) is 0 Å². The van der Waals surface area contributed by atoms with Crippen LogP contribution in [0.4, 0.5) is 5.69 Å². The Morgan fingerprint density at radius 1 is 1.50 bits per heavy atom. The number of ether oxygens (including phenoxy) is 1. The van der Waals surface area contributed by atoms with Gasteiger partial charge in [0.05, 0.1) is 5.69 Å². The van der Waals surface area contributed by atoms with Crippen LogP contribution in [0.1, 0.15) is 24.5 Å². The van der Waals surface area contributed by atoms with Crippen molar-refractivity contribution in [2.75, 3.05) is 12.0 Å². The lowest BCUT2D eigenvalue weighted by Crippen LogP contribution is -2.47. The van der Waals surface area contributed by atoms with Crippen molar-refractivity contribution in [2.45, 2.75) is 24.7 Å². The SMILES string of the molecule is COC12CCC(=O)N1c1ccccc1C2O. The zero-order valence-corrected chi connectivity index (χ0v) is 9.01. The largest absolute Gasteiger partial charge is 0.383 e. The molecule has 0 bridgehead atoms. The number of carbonyl (C=O) groups excluding carboxylic acids is 1. The Kier molecular flexibility index (Phi) is 1.87. The van der Waals surface area contributed by atoms with Crippen molar-refractivity contribution in [2.24, 2.45) is 0 Å². The Morgan fingerprint density at radius 3 is 3.00 bits per heavy atom. The van der Waals surface area contributed by atoms with Crippen LogP contribution in [0.15, 0.2) is 24.3 Å². The number of rotatable bonds is 1. The molecule has 4 heteroatoms. The lowest BCUT2D eigenvalue weighted by atomic mass is 10.0. The first-order valence-corrected chi connectivity index (χ1v) is 5.36. The second kappa shape index (κ2) is 3.06. The molecule has 4 nitrogen and oxygen atoms in total. The summed E-state index contributed by atoms with van der Waals surface area (Å²) in [5.41, 5.74) is 0.678. The van der Waals surface area contributed by atoms with E-state index in [1.54, 1.807) is 12.0 Å². The maximum atomic E-state index is 11.9. The average Bonchev–Trinajstić information content (AvgIpc) is 2.77. The van der Waals surface area contributed by atoms with E-state index in [0.717, 1.165) is 11.3 Å². The molecule has 2 heterocycles. The molecule has 2 atom stereocenters. The van der Waals surface area contributed by atoms with E-state index in [-0.39, 0.29) is 5.91 Å². The minimum absolute atomic E-state index is 0.0193. The van der Waals surface area contributed by atoms with Gasteiger partial charge in [0.2, 0.25) is 5.91 Å². The third-order valence-corrected chi connectivity index (χ3v) is 3.58. The summed E-state index contributed by atoms with van der Waals surface area (Å²) < 4.78 is 5.44. The second-order valence-corrected chi connectivity index (χ2v) is 4.24. The third kappa shape index (κ3) is 0.936. The molecule has 0 saturated carbocycles. The van der Waals surface area contributed by atoms with Gasteiger partial charge in [-0.1, -0.05) is 18.2 Å². The fourth-order valence-electron chi connectivity index (χ4n) is 2.79. The Morgan fingerprint density at radius 2 is 2.25 bits per heavy atom. The Balaban J connectivity index is 2.22. The summed E-state index contributed by atoms with van der Waals surface area (Å²) in [4.78, 5) is 13.5. The molecule has 0 aliphatic carbocycles. The van der Waals surface area contributed by atoms with Crippen molar-refractivity contribution in [3.05, 3.63) is 29.8 Å². The molecule has 2 aliphatic heterocycles. The van der Waals surface area contributed by atoms with Gasteiger partial charge >= 0.3 is 0 Å². The number of hydrogen-bond acceptors (Lipinski definition) is 3. The molecule has 1 amide bonds. The van der Waals surface area contributed by atoms with Crippen LogP contribution in [0, 0.1) is 0 Å². The van der Waals surface area contributed by atoms with Crippen LogP contribution >= 0.6 is 0 Å². The third-order valence-electron chi connectivity index (χ3n) is 3.58. The number of aliphatic hydroxyl groups is 1. The predicted octanol–water partition coefficient (Wildman–Crippen LogP) is 1.20. The molecule has 1 fully saturated rings. The van der Waals surface area contributed by atoms with Gasteiger partial charge in [-0.25, -0.2) is 0 Å². The first kappa shape index (κ1) is 9.81. The molecule has 3 rings (SSSR count). The molecular formula is C12H13NO3. The summed E-state index contributed by atoms with van der Waals surface area (Å²) in [5, 5.41) is 10.3. The van der Waals surface area contributed by atoms with Gasteiger partial charge in [0.1, 0.15) is 6.10 Å². The zero-order chi connectivity index (χ0) is 11.3. The number of amides is 1.